The van der Waals surface area contributed by atoms with Gasteiger partial charge in [-0.05, 0) is 29.8 Å². The first-order valence-corrected chi connectivity index (χ1v) is 4.00. The van der Waals surface area contributed by atoms with E-state index < -0.39 is 5.60 Å². The Morgan fingerprint density at radius 2 is 2.00 bits per heavy atom. The topological polar surface area (TPSA) is 46.0 Å². The van der Waals surface area contributed by atoms with Crippen LogP contribution in [0.3, 0.4) is 0 Å². The number of nitrogens with zero attached hydrogens (tertiary/aromatic N) is 2. The minimum absolute atomic E-state index is 0.570. The first-order valence-electron chi connectivity index (χ1n) is 3.20. The van der Waals surface area contributed by atoms with E-state index in [2.05, 4.69) is 25.9 Å². The van der Waals surface area contributed by atoms with E-state index in [9.17, 15) is 5.11 Å². The van der Waals surface area contributed by atoms with E-state index in [0.29, 0.717) is 10.3 Å². The summed E-state index contributed by atoms with van der Waals surface area (Å²) in [5.41, 5.74) is -0.339. The summed E-state index contributed by atoms with van der Waals surface area (Å²) in [6.07, 6.45) is 3.11. The predicted octanol–water partition coefficient (Wildman–Crippen LogP) is 1.47. The van der Waals surface area contributed by atoms with E-state index in [1.165, 1.54) is 0 Å². The first-order chi connectivity index (χ1) is 5.00. The summed E-state index contributed by atoms with van der Waals surface area (Å²) >= 11 is 3.16. The fourth-order valence-electron chi connectivity index (χ4n) is 0.628. The van der Waals surface area contributed by atoms with Crippen molar-refractivity contribution in [3.8, 4) is 0 Å². The van der Waals surface area contributed by atoms with Gasteiger partial charge in [-0.15, -0.1) is 0 Å². The van der Waals surface area contributed by atoms with Crippen molar-refractivity contribution in [2.75, 3.05) is 0 Å². The Labute approximate surface area is 73.6 Å². The summed E-state index contributed by atoms with van der Waals surface area (Å²) in [5.74, 6) is 0. The molecule has 0 unspecified atom stereocenters. The Hall–Kier alpha value is -0.480. The van der Waals surface area contributed by atoms with Gasteiger partial charge in [0, 0.05) is 0 Å². The molecule has 0 saturated carbocycles. The zero-order valence-corrected chi connectivity index (χ0v) is 7.96. The molecule has 1 aromatic heterocycles. The van der Waals surface area contributed by atoms with Gasteiger partial charge < -0.3 is 5.11 Å². The maximum absolute atomic E-state index is 9.46. The third-order valence-corrected chi connectivity index (χ3v) is 1.66. The van der Waals surface area contributed by atoms with Crippen molar-refractivity contribution in [2.45, 2.75) is 19.4 Å². The quantitative estimate of drug-likeness (QED) is 0.774. The fourth-order valence-corrected chi connectivity index (χ4v) is 0.833. The summed E-state index contributed by atoms with van der Waals surface area (Å²) in [6.45, 7) is 3.34. The summed E-state index contributed by atoms with van der Waals surface area (Å²) < 4.78 is 0.672. The van der Waals surface area contributed by atoms with Crippen LogP contribution < -0.4 is 0 Å². The molecular formula is C7H9BrN2O. The first kappa shape index (κ1) is 8.62. The minimum atomic E-state index is -0.909. The summed E-state index contributed by atoms with van der Waals surface area (Å²) in [5, 5.41) is 9.46. The Morgan fingerprint density at radius 1 is 1.36 bits per heavy atom. The van der Waals surface area contributed by atoms with Crippen molar-refractivity contribution in [1.29, 1.82) is 0 Å². The molecule has 0 radical (unpaired) electrons. The molecule has 4 heteroatoms. The molecule has 0 saturated heterocycles. The number of rotatable bonds is 1. The summed E-state index contributed by atoms with van der Waals surface area (Å²) in [4.78, 5) is 7.93. The van der Waals surface area contributed by atoms with Crippen LogP contribution in [0.25, 0.3) is 0 Å². The molecule has 3 nitrogen and oxygen atoms in total. The van der Waals surface area contributed by atoms with Gasteiger partial charge >= 0.3 is 0 Å². The molecule has 60 valence electrons. The summed E-state index contributed by atoms with van der Waals surface area (Å²) in [6, 6.07) is 0. The number of aliphatic hydroxyl groups is 1. The Morgan fingerprint density at radius 3 is 2.36 bits per heavy atom. The summed E-state index contributed by atoms with van der Waals surface area (Å²) in [7, 11) is 0. The van der Waals surface area contributed by atoms with Gasteiger partial charge in [-0.3, -0.25) is 4.98 Å². The maximum Gasteiger partial charge on any atom is 0.124 e. The Bertz CT molecular complexity index is 240. The van der Waals surface area contributed by atoms with Gasteiger partial charge in [0.05, 0.1) is 18.1 Å². The highest BCUT2D eigenvalue weighted by molar-refractivity contribution is 9.10. The van der Waals surface area contributed by atoms with Crippen molar-refractivity contribution in [3.63, 3.8) is 0 Å². The van der Waals surface area contributed by atoms with Gasteiger partial charge in [0.2, 0.25) is 0 Å². The van der Waals surface area contributed by atoms with Crippen LogP contribution in [0.15, 0.2) is 17.0 Å². The second-order valence-corrected chi connectivity index (χ2v) is 3.60. The van der Waals surface area contributed by atoms with Crippen molar-refractivity contribution >= 4 is 15.9 Å². The average molecular weight is 217 g/mol. The SMILES string of the molecule is CC(C)(O)c1cnc(Br)cn1. The van der Waals surface area contributed by atoms with Crippen LogP contribution in [0.4, 0.5) is 0 Å². The number of hydrogen-bond acceptors (Lipinski definition) is 3. The number of halogens is 1. The Kier molecular flexibility index (Phi) is 2.25. The molecule has 1 N–H and O–H groups in total. The van der Waals surface area contributed by atoms with Crippen molar-refractivity contribution < 1.29 is 5.11 Å². The average Bonchev–Trinajstić information content (AvgIpc) is 1.86. The highest BCUT2D eigenvalue weighted by atomic mass is 79.9. The van der Waals surface area contributed by atoms with Crippen LogP contribution in [-0.2, 0) is 5.60 Å². The largest absolute Gasteiger partial charge is 0.384 e. The molecule has 1 aromatic rings. The van der Waals surface area contributed by atoms with Crippen molar-refractivity contribution in [2.24, 2.45) is 0 Å². The zero-order chi connectivity index (χ0) is 8.48. The smallest absolute Gasteiger partial charge is 0.124 e. The van der Waals surface area contributed by atoms with Gasteiger partial charge in [0.25, 0.3) is 0 Å². The molecule has 1 heterocycles. The molecule has 0 aliphatic carbocycles. The Balaban J connectivity index is 2.99. The molecule has 0 aromatic carbocycles. The lowest BCUT2D eigenvalue weighted by Gasteiger charge is -2.14. The third-order valence-electron chi connectivity index (χ3n) is 1.25. The van der Waals surface area contributed by atoms with Crippen LogP contribution in [0.2, 0.25) is 0 Å². The lowest BCUT2D eigenvalue weighted by molar-refractivity contribution is 0.0734. The normalized spacial score (nSPS) is 11.6. The number of aromatic nitrogens is 2. The standard InChI is InChI=1S/C7H9BrN2O/c1-7(2,11)5-3-10-6(8)4-9-5/h3-4,11H,1-2H3. The van der Waals surface area contributed by atoms with Gasteiger partial charge in [-0.1, -0.05) is 0 Å². The zero-order valence-electron chi connectivity index (χ0n) is 6.37. The molecule has 0 amide bonds. The maximum atomic E-state index is 9.46. The monoisotopic (exact) mass is 216 g/mol. The second-order valence-electron chi connectivity index (χ2n) is 2.78. The third kappa shape index (κ3) is 2.24. The molecule has 0 spiro atoms. The van der Waals surface area contributed by atoms with E-state index in [0.717, 1.165) is 0 Å². The molecule has 11 heavy (non-hydrogen) atoms. The van der Waals surface area contributed by atoms with Gasteiger partial charge in [0.1, 0.15) is 10.2 Å². The van der Waals surface area contributed by atoms with E-state index in [4.69, 9.17) is 0 Å². The molecular weight excluding hydrogens is 208 g/mol. The lowest BCUT2D eigenvalue weighted by Crippen LogP contribution is -2.17. The van der Waals surface area contributed by atoms with Crippen LogP contribution in [0.1, 0.15) is 19.5 Å². The number of hydrogen-bond donors (Lipinski definition) is 1. The predicted molar refractivity (Wildman–Crippen MR) is 45.0 cm³/mol. The molecule has 0 aliphatic heterocycles. The minimum Gasteiger partial charge on any atom is -0.384 e. The van der Waals surface area contributed by atoms with Crippen molar-refractivity contribution in [3.05, 3.63) is 22.7 Å². The molecule has 0 atom stereocenters. The van der Waals surface area contributed by atoms with Gasteiger partial charge in [-0.2, -0.15) is 0 Å². The van der Waals surface area contributed by atoms with E-state index in [-0.39, 0.29) is 0 Å². The van der Waals surface area contributed by atoms with E-state index in [1.807, 2.05) is 0 Å². The van der Waals surface area contributed by atoms with Crippen LogP contribution in [0.5, 0.6) is 0 Å². The highest BCUT2D eigenvalue weighted by Gasteiger charge is 2.17. The highest BCUT2D eigenvalue weighted by Crippen LogP contribution is 2.16. The van der Waals surface area contributed by atoms with Crippen LogP contribution in [0, 0.1) is 0 Å². The molecule has 0 aliphatic rings. The van der Waals surface area contributed by atoms with Gasteiger partial charge in [0.15, 0.2) is 0 Å². The van der Waals surface area contributed by atoms with Crippen LogP contribution >= 0.6 is 15.9 Å². The fraction of sp³-hybridized carbons (Fsp3) is 0.429. The van der Waals surface area contributed by atoms with Gasteiger partial charge in [-0.25, -0.2) is 4.98 Å². The van der Waals surface area contributed by atoms with Crippen LogP contribution in [-0.4, -0.2) is 15.1 Å². The molecule has 0 bridgehead atoms. The molecule has 0 fully saturated rings. The second kappa shape index (κ2) is 2.87. The van der Waals surface area contributed by atoms with E-state index >= 15 is 0 Å². The van der Waals surface area contributed by atoms with E-state index in [1.54, 1.807) is 26.2 Å². The lowest BCUT2D eigenvalue weighted by atomic mass is 10.1. The van der Waals surface area contributed by atoms with Crippen molar-refractivity contribution in [1.82, 2.24) is 9.97 Å². The molecule has 1 rings (SSSR count).